The quantitative estimate of drug-likeness (QED) is 0.541. The molecule has 0 unspecified atom stereocenters. The second kappa shape index (κ2) is 10.1. The normalized spacial score (nSPS) is 9.96. The third kappa shape index (κ3) is 6.49. The number of nitriles is 1. The molecule has 0 aliphatic heterocycles. The Bertz CT molecular complexity index is 809. The number of hydrogen-bond donors (Lipinski definition) is 1. The van der Waals surface area contributed by atoms with Crippen molar-refractivity contribution in [2.75, 3.05) is 6.54 Å². The van der Waals surface area contributed by atoms with E-state index in [4.69, 9.17) is 10.00 Å². The van der Waals surface area contributed by atoms with Gasteiger partial charge in [0.15, 0.2) is 5.78 Å². The van der Waals surface area contributed by atoms with Crippen molar-refractivity contribution in [2.24, 2.45) is 0 Å². The molecule has 7 heteroatoms. The summed E-state index contributed by atoms with van der Waals surface area (Å²) in [6.45, 7) is 0.237. The zero-order valence-electron chi connectivity index (χ0n) is 14.1. The lowest BCUT2D eigenvalue weighted by atomic mass is 10.1. The standard InChI is InChI=1S/C19H18N2O4S/c20-12-14-3-1-4-15(11-14)13-25-19(24)8-9-21-18(23)7-6-16(22)17-5-2-10-26-17/h1-5,10-11H,6-9,13H2,(H,21,23). The predicted molar refractivity (Wildman–Crippen MR) is 96.5 cm³/mol. The summed E-state index contributed by atoms with van der Waals surface area (Å²) in [5, 5.41) is 13.2. The van der Waals surface area contributed by atoms with E-state index in [-0.39, 0.29) is 44.1 Å². The molecule has 0 spiro atoms. The van der Waals surface area contributed by atoms with E-state index in [1.54, 1.807) is 36.4 Å². The number of hydrogen-bond acceptors (Lipinski definition) is 6. The second-order valence-corrected chi connectivity index (χ2v) is 6.42. The molecule has 0 atom stereocenters. The van der Waals surface area contributed by atoms with Crippen molar-refractivity contribution in [3.05, 3.63) is 57.8 Å². The van der Waals surface area contributed by atoms with Crippen molar-refractivity contribution in [1.29, 1.82) is 5.26 Å². The average molecular weight is 370 g/mol. The number of ether oxygens (including phenoxy) is 1. The molecule has 0 aliphatic carbocycles. The Morgan fingerprint density at radius 3 is 2.69 bits per heavy atom. The molecule has 1 amide bonds. The molecule has 0 radical (unpaired) electrons. The number of Topliss-reactive ketones (excluding diaryl/α,β-unsaturated/α-hetero) is 1. The summed E-state index contributed by atoms with van der Waals surface area (Å²) in [5.74, 6) is -0.777. The van der Waals surface area contributed by atoms with Gasteiger partial charge in [0.25, 0.3) is 0 Å². The minimum absolute atomic E-state index is 0.0442. The Labute approximate surface area is 155 Å². The van der Waals surface area contributed by atoms with Crippen LogP contribution in [0.4, 0.5) is 0 Å². The average Bonchev–Trinajstić information content (AvgIpc) is 3.19. The second-order valence-electron chi connectivity index (χ2n) is 5.47. The molecule has 0 fully saturated rings. The number of esters is 1. The van der Waals surface area contributed by atoms with Crippen LogP contribution in [0.15, 0.2) is 41.8 Å². The van der Waals surface area contributed by atoms with Gasteiger partial charge in [-0.1, -0.05) is 18.2 Å². The number of nitrogens with one attached hydrogen (secondary N) is 1. The number of ketones is 1. The highest BCUT2D eigenvalue weighted by atomic mass is 32.1. The molecule has 0 bridgehead atoms. The molecule has 0 saturated heterocycles. The number of carbonyl (C=O) groups excluding carboxylic acids is 3. The SMILES string of the molecule is N#Cc1cccc(COC(=O)CCNC(=O)CCC(=O)c2cccs2)c1. The Kier molecular flexibility index (Phi) is 7.52. The molecule has 2 aromatic rings. The molecule has 26 heavy (non-hydrogen) atoms. The highest BCUT2D eigenvalue weighted by molar-refractivity contribution is 7.12. The van der Waals surface area contributed by atoms with E-state index >= 15 is 0 Å². The van der Waals surface area contributed by atoms with E-state index < -0.39 is 5.97 Å². The first kappa shape index (κ1) is 19.3. The lowest BCUT2D eigenvalue weighted by Gasteiger charge is -2.06. The number of nitrogens with zero attached hydrogens (tertiary/aromatic N) is 1. The number of thiophene rings is 1. The van der Waals surface area contributed by atoms with E-state index in [1.807, 2.05) is 11.4 Å². The zero-order valence-corrected chi connectivity index (χ0v) is 14.9. The van der Waals surface area contributed by atoms with Crippen LogP contribution in [0.2, 0.25) is 0 Å². The van der Waals surface area contributed by atoms with Gasteiger partial charge in [-0.3, -0.25) is 14.4 Å². The predicted octanol–water partition coefficient (Wildman–Crippen LogP) is 2.83. The molecule has 2 rings (SSSR count). The van der Waals surface area contributed by atoms with E-state index in [0.717, 1.165) is 5.56 Å². The molecular formula is C19H18N2O4S. The first-order valence-corrected chi connectivity index (χ1v) is 8.94. The van der Waals surface area contributed by atoms with E-state index in [2.05, 4.69) is 5.32 Å². The van der Waals surface area contributed by atoms with Crippen LogP contribution in [-0.4, -0.2) is 24.2 Å². The van der Waals surface area contributed by atoms with E-state index in [9.17, 15) is 14.4 Å². The number of benzene rings is 1. The zero-order chi connectivity index (χ0) is 18.8. The van der Waals surface area contributed by atoms with Crippen LogP contribution in [0.1, 0.15) is 40.1 Å². The summed E-state index contributed by atoms with van der Waals surface area (Å²) in [6, 6.07) is 12.3. The minimum Gasteiger partial charge on any atom is -0.461 e. The lowest BCUT2D eigenvalue weighted by molar-refractivity contribution is -0.144. The molecule has 1 aromatic heterocycles. The van der Waals surface area contributed by atoms with Crippen LogP contribution in [0.5, 0.6) is 0 Å². The highest BCUT2D eigenvalue weighted by Gasteiger charge is 2.10. The maximum atomic E-state index is 11.8. The first-order chi connectivity index (χ1) is 12.6. The first-order valence-electron chi connectivity index (χ1n) is 8.06. The molecule has 134 valence electrons. The van der Waals surface area contributed by atoms with Crippen LogP contribution >= 0.6 is 11.3 Å². The van der Waals surface area contributed by atoms with Gasteiger partial charge in [0.05, 0.1) is 22.9 Å². The van der Waals surface area contributed by atoms with Crippen molar-refractivity contribution in [2.45, 2.75) is 25.9 Å². The minimum atomic E-state index is -0.442. The van der Waals surface area contributed by atoms with Gasteiger partial charge in [0, 0.05) is 19.4 Å². The number of rotatable bonds is 9. The Hall–Kier alpha value is -2.98. The monoisotopic (exact) mass is 370 g/mol. The smallest absolute Gasteiger partial charge is 0.307 e. The van der Waals surface area contributed by atoms with Gasteiger partial charge in [0.2, 0.25) is 5.91 Å². The van der Waals surface area contributed by atoms with Crippen molar-refractivity contribution < 1.29 is 19.1 Å². The van der Waals surface area contributed by atoms with Gasteiger partial charge in [-0.2, -0.15) is 5.26 Å². The maximum Gasteiger partial charge on any atom is 0.307 e. The Morgan fingerprint density at radius 2 is 1.96 bits per heavy atom. The summed E-state index contributed by atoms with van der Waals surface area (Å²) in [6.07, 6.45) is 0.279. The van der Waals surface area contributed by atoms with Crippen LogP contribution in [0.3, 0.4) is 0 Å². The van der Waals surface area contributed by atoms with Crippen molar-refractivity contribution >= 4 is 29.0 Å². The van der Waals surface area contributed by atoms with Gasteiger partial charge >= 0.3 is 5.97 Å². The molecule has 6 nitrogen and oxygen atoms in total. The molecule has 1 heterocycles. The van der Waals surface area contributed by atoms with E-state index in [1.165, 1.54) is 11.3 Å². The largest absolute Gasteiger partial charge is 0.461 e. The Morgan fingerprint density at radius 1 is 1.12 bits per heavy atom. The van der Waals surface area contributed by atoms with Gasteiger partial charge in [0.1, 0.15) is 6.61 Å². The number of carbonyl (C=O) groups is 3. The van der Waals surface area contributed by atoms with Gasteiger partial charge in [-0.15, -0.1) is 11.3 Å². The van der Waals surface area contributed by atoms with Crippen molar-refractivity contribution in [1.82, 2.24) is 5.32 Å². The summed E-state index contributed by atoms with van der Waals surface area (Å²) in [4.78, 5) is 35.8. The lowest BCUT2D eigenvalue weighted by Crippen LogP contribution is -2.26. The Balaban J connectivity index is 1.61. The summed E-state index contributed by atoms with van der Waals surface area (Å²) >= 11 is 1.35. The van der Waals surface area contributed by atoms with Gasteiger partial charge in [-0.05, 0) is 29.1 Å². The van der Waals surface area contributed by atoms with Crippen molar-refractivity contribution in [3.8, 4) is 6.07 Å². The van der Waals surface area contributed by atoms with E-state index in [0.29, 0.717) is 10.4 Å². The van der Waals surface area contributed by atoms with Crippen molar-refractivity contribution in [3.63, 3.8) is 0 Å². The topological polar surface area (TPSA) is 96.3 Å². The van der Waals surface area contributed by atoms with Gasteiger partial charge < -0.3 is 10.1 Å². The van der Waals surface area contributed by atoms with Crippen LogP contribution < -0.4 is 5.32 Å². The third-order valence-electron chi connectivity index (χ3n) is 3.48. The van der Waals surface area contributed by atoms with Crippen LogP contribution in [0.25, 0.3) is 0 Å². The van der Waals surface area contributed by atoms with Crippen LogP contribution in [0, 0.1) is 11.3 Å². The highest BCUT2D eigenvalue weighted by Crippen LogP contribution is 2.12. The molecule has 1 aromatic carbocycles. The summed E-state index contributed by atoms with van der Waals surface area (Å²) < 4.78 is 5.10. The molecule has 0 aliphatic rings. The number of amides is 1. The van der Waals surface area contributed by atoms with Gasteiger partial charge in [-0.25, -0.2) is 0 Å². The molecular weight excluding hydrogens is 352 g/mol. The summed E-state index contributed by atoms with van der Waals surface area (Å²) in [7, 11) is 0. The maximum absolute atomic E-state index is 11.8. The van der Waals surface area contributed by atoms with Crippen LogP contribution in [-0.2, 0) is 20.9 Å². The third-order valence-corrected chi connectivity index (χ3v) is 4.39. The fourth-order valence-corrected chi connectivity index (χ4v) is 2.84. The fourth-order valence-electron chi connectivity index (χ4n) is 2.15. The fraction of sp³-hybridized carbons (Fsp3) is 0.263. The molecule has 1 N–H and O–H groups in total. The summed E-state index contributed by atoms with van der Waals surface area (Å²) in [5.41, 5.74) is 1.23. The molecule has 0 saturated carbocycles.